The Morgan fingerprint density at radius 1 is 1.55 bits per heavy atom. The fourth-order valence-corrected chi connectivity index (χ4v) is 2.19. The molecule has 0 N–H and O–H groups in total. The number of rotatable bonds is 3. The highest BCUT2D eigenvalue weighted by molar-refractivity contribution is 4.79. The average Bonchev–Trinajstić information content (AvgIpc) is 2.36. The monoisotopic (exact) mass is 155 g/mol. The van der Waals surface area contributed by atoms with Gasteiger partial charge in [0.25, 0.3) is 0 Å². The molecule has 1 fully saturated rings. The Balaban J connectivity index is 2.33. The van der Waals surface area contributed by atoms with Gasteiger partial charge < -0.3 is 0 Å². The van der Waals surface area contributed by atoms with Gasteiger partial charge in [-0.1, -0.05) is 13.3 Å². The molecule has 0 saturated carbocycles. The van der Waals surface area contributed by atoms with Crippen molar-refractivity contribution in [2.45, 2.75) is 58.5 Å². The smallest absolute Gasteiger partial charge is 0.00702 e. The van der Waals surface area contributed by atoms with Crippen molar-refractivity contribution in [1.29, 1.82) is 0 Å². The SMILES string of the molecule is CCCC(C)N1CCCC1C. The summed E-state index contributed by atoms with van der Waals surface area (Å²) in [5.74, 6) is 0. The van der Waals surface area contributed by atoms with Crippen LogP contribution in [0.4, 0.5) is 0 Å². The standard InChI is InChI=1S/C10H21N/c1-4-6-9(2)11-8-5-7-10(11)3/h9-10H,4-8H2,1-3H3. The topological polar surface area (TPSA) is 3.24 Å². The molecule has 0 aromatic carbocycles. The first-order valence-electron chi connectivity index (χ1n) is 5.01. The van der Waals surface area contributed by atoms with Crippen LogP contribution in [0.1, 0.15) is 46.5 Å². The third kappa shape index (κ3) is 2.19. The first-order chi connectivity index (χ1) is 5.25. The van der Waals surface area contributed by atoms with Gasteiger partial charge in [-0.05, 0) is 39.7 Å². The van der Waals surface area contributed by atoms with Crippen molar-refractivity contribution in [3.05, 3.63) is 0 Å². The van der Waals surface area contributed by atoms with Gasteiger partial charge in [0, 0.05) is 12.1 Å². The van der Waals surface area contributed by atoms with E-state index in [1.165, 1.54) is 32.2 Å². The molecular formula is C10H21N. The molecule has 0 aromatic rings. The highest BCUT2D eigenvalue weighted by atomic mass is 15.2. The van der Waals surface area contributed by atoms with Crippen LogP contribution in [0, 0.1) is 0 Å². The highest BCUT2D eigenvalue weighted by Gasteiger charge is 2.23. The predicted octanol–water partition coefficient (Wildman–Crippen LogP) is 2.66. The molecular weight excluding hydrogens is 134 g/mol. The minimum Gasteiger partial charge on any atom is -0.298 e. The third-order valence-electron chi connectivity index (χ3n) is 2.88. The lowest BCUT2D eigenvalue weighted by atomic mass is 10.1. The molecule has 1 heteroatoms. The molecule has 1 aliphatic rings. The van der Waals surface area contributed by atoms with Gasteiger partial charge in [0.05, 0.1) is 0 Å². The summed E-state index contributed by atoms with van der Waals surface area (Å²) < 4.78 is 0. The van der Waals surface area contributed by atoms with Crippen molar-refractivity contribution < 1.29 is 0 Å². The molecule has 0 radical (unpaired) electrons. The molecule has 2 atom stereocenters. The quantitative estimate of drug-likeness (QED) is 0.605. The van der Waals surface area contributed by atoms with Crippen LogP contribution < -0.4 is 0 Å². The third-order valence-corrected chi connectivity index (χ3v) is 2.88. The Labute approximate surface area is 70.8 Å². The molecule has 1 rings (SSSR count). The number of likely N-dealkylation sites (tertiary alicyclic amines) is 1. The Morgan fingerprint density at radius 3 is 2.73 bits per heavy atom. The Hall–Kier alpha value is -0.0400. The average molecular weight is 155 g/mol. The summed E-state index contributed by atoms with van der Waals surface area (Å²) in [6.45, 7) is 8.34. The van der Waals surface area contributed by atoms with Crippen LogP contribution in [0.3, 0.4) is 0 Å². The van der Waals surface area contributed by atoms with E-state index in [2.05, 4.69) is 25.7 Å². The zero-order valence-electron chi connectivity index (χ0n) is 8.14. The van der Waals surface area contributed by atoms with Gasteiger partial charge in [0.1, 0.15) is 0 Å². The molecule has 1 heterocycles. The van der Waals surface area contributed by atoms with Crippen molar-refractivity contribution in [1.82, 2.24) is 4.90 Å². The zero-order valence-corrected chi connectivity index (χ0v) is 8.14. The summed E-state index contributed by atoms with van der Waals surface area (Å²) in [5, 5.41) is 0. The minimum absolute atomic E-state index is 0.817. The molecule has 0 aliphatic carbocycles. The van der Waals surface area contributed by atoms with E-state index >= 15 is 0 Å². The van der Waals surface area contributed by atoms with E-state index in [1.54, 1.807) is 0 Å². The van der Waals surface area contributed by atoms with Crippen LogP contribution in [0.25, 0.3) is 0 Å². The maximum absolute atomic E-state index is 2.66. The largest absolute Gasteiger partial charge is 0.298 e. The first-order valence-corrected chi connectivity index (χ1v) is 5.01. The van der Waals surface area contributed by atoms with Gasteiger partial charge in [0.15, 0.2) is 0 Å². The van der Waals surface area contributed by atoms with Crippen LogP contribution in [0.2, 0.25) is 0 Å². The van der Waals surface area contributed by atoms with E-state index in [4.69, 9.17) is 0 Å². The fourth-order valence-electron chi connectivity index (χ4n) is 2.19. The second-order valence-corrected chi connectivity index (χ2v) is 3.87. The highest BCUT2D eigenvalue weighted by Crippen LogP contribution is 2.21. The maximum Gasteiger partial charge on any atom is 0.00702 e. The van der Waals surface area contributed by atoms with Gasteiger partial charge in [0.2, 0.25) is 0 Å². The molecule has 66 valence electrons. The van der Waals surface area contributed by atoms with Crippen LogP contribution in [0.5, 0.6) is 0 Å². The molecule has 2 unspecified atom stereocenters. The summed E-state index contributed by atoms with van der Waals surface area (Å²) in [4.78, 5) is 2.66. The molecule has 1 saturated heterocycles. The van der Waals surface area contributed by atoms with E-state index in [9.17, 15) is 0 Å². The van der Waals surface area contributed by atoms with Crippen LogP contribution in [0.15, 0.2) is 0 Å². The van der Waals surface area contributed by atoms with Crippen LogP contribution >= 0.6 is 0 Å². The Kier molecular flexibility index (Phi) is 3.38. The van der Waals surface area contributed by atoms with E-state index < -0.39 is 0 Å². The van der Waals surface area contributed by atoms with Crippen molar-refractivity contribution in [3.63, 3.8) is 0 Å². The van der Waals surface area contributed by atoms with Crippen LogP contribution in [-0.2, 0) is 0 Å². The lowest BCUT2D eigenvalue weighted by Crippen LogP contribution is -2.35. The van der Waals surface area contributed by atoms with Gasteiger partial charge in [-0.15, -0.1) is 0 Å². The van der Waals surface area contributed by atoms with E-state index in [0.717, 1.165) is 12.1 Å². The Morgan fingerprint density at radius 2 is 2.27 bits per heavy atom. The van der Waals surface area contributed by atoms with Crippen molar-refractivity contribution >= 4 is 0 Å². The molecule has 0 aromatic heterocycles. The number of hydrogen-bond donors (Lipinski definition) is 0. The molecule has 0 bridgehead atoms. The van der Waals surface area contributed by atoms with Crippen LogP contribution in [-0.4, -0.2) is 23.5 Å². The minimum atomic E-state index is 0.817. The van der Waals surface area contributed by atoms with E-state index in [1.807, 2.05) is 0 Å². The lowest BCUT2D eigenvalue weighted by molar-refractivity contribution is 0.193. The van der Waals surface area contributed by atoms with Gasteiger partial charge in [-0.25, -0.2) is 0 Å². The maximum atomic E-state index is 2.66. The molecule has 0 spiro atoms. The fraction of sp³-hybridized carbons (Fsp3) is 1.00. The van der Waals surface area contributed by atoms with Crippen molar-refractivity contribution in [2.24, 2.45) is 0 Å². The number of nitrogens with zero attached hydrogens (tertiary/aromatic N) is 1. The second kappa shape index (κ2) is 4.10. The Bertz CT molecular complexity index is 111. The summed E-state index contributed by atoms with van der Waals surface area (Å²) in [6, 6.07) is 1.66. The predicted molar refractivity (Wildman–Crippen MR) is 49.8 cm³/mol. The zero-order chi connectivity index (χ0) is 8.27. The molecule has 0 amide bonds. The van der Waals surface area contributed by atoms with Crippen molar-refractivity contribution in [3.8, 4) is 0 Å². The summed E-state index contributed by atoms with van der Waals surface area (Å²) in [6.07, 6.45) is 5.51. The van der Waals surface area contributed by atoms with E-state index in [0.29, 0.717) is 0 Å². The van der Waals surface area contributed by atoms with Crippen molar-refractivity contribution in [2.75, 3.05) is 6.54 Å². The molecule has 1 aliphatic heterocycles. The molecule has 11 heavy (non-hydrogen) atoms. The van der Waals surface area contributed by atoms with E-state index in [-0.39, 0.29) is 0 Å². The summed E-state index contributed by atoms with van der Waals surface area (Å²) >= 11 is 0. The second-order valence-electron chi connectivity index (χ2n) is 3.87. The summed E-state index contributed by atoms with van der Waals surface area (Å²) in [7, 11) is 0. The first kappa shape index (κ1) is 9.05. The summed E-state index contributed by atoms with van der Waals surface area (Å²) in [5.41, 5.74) is 0. The normalized spacial score (nSPS) is 29.2. The van der Waals surface area contributed by atoms with Gasteiger partial charge in [-0.2, -0.15) is 0 Å². The van der Waals surface area contributed by atoms with Gasteiger partial charge in [-0.3, -0.25) is 4.90 Å². The van der Waals surface area contributed by atoms with Gasteiger partial charge >= 0.3 is 0 Å². The number of hydrogen-bond acceptors (Lipinski definition) is 1. The molecule has 1 nitrogen and oxygen atoms in total. The lowest BCUT2D eigenvalue weighted by Gasteiger charge is -2.28.